The van der Waals surface area contributed by atoms with Crippen LogP contribution in [0, 0.1) is 5.92 Å². The molecule has 1 aromatic heterocycles. The highest BCUT2D eigenvalue weighted by Gasteiger charge is 2.27. The summed E-state index contributed by atoms with van der Waals surface area (Å²) >= 11 is 7.54. The van der Waals surface area contributed by atoms with Gasteiger partial charge >= 0.3 is 0 Å². The highest BCUT2D eigenvalue weighted by molar-refractivity contribution is 7.88. The molecule has 2 N–H and O–H groups in total. The summed E-state index contributed by atoms with van der Waals surface area (Å²) in [6.45, 7) is 1.20. The van der Waals surface area contributed by atoms with E-state index < -0.39 is 10.0 Å². The van der Waals surface area contributed by atoms with Crippen molar-refractivity contribution in [1.82, 2.24) is 15.0 Å². The summed E-state index contributed by atoms with van der Waals surface area (Å²) in [7, 11) is -3.13. The lowest BCUT2D eigenvalue weighted by Crippen LogP contribution is -2.38. The number of halogens is 1. The maximum absolute atomic E-state index is 11.3. The average molecular weight is 400 g/mol. The molecule has 2 unspecified atom stereocenters. The van der Waals surface area contributed by atoms with Gasteiger partial charge in [0.05, 0.1) is 11.9 Å². The Bertz CT molecular complexity index is 806. The van der Waals surface area contributed by atoms with Gasteiger partial charge in [-0.1, -0.05) is 30.2 Å². The lowest BCUT2D eigenvalue weighted by atomic mass is 10.0. The van der Waals surface area contributed by atoms with Crippen LogP contribution in [0.3, 0.4) is 0 Å². The molecule has 1 heterocycles. The molecule has 0 radical (unpaired) electrons. The van der Waals surface area contributed by atoms with Crippen molar-refractivity contribution in [2.24, 2.45) is 5.92 Å². The molecule has 0 aliphatic heterocycles. The standard InChI is InChI=1S/C17H22ClN3O2S2/c1-25(22,23)20-9-13-3-2-4-16(13)19-10-15-11-24-17(21-15)12-5-7-14(18)8-6-12/h5-8,11,13,16,19-20H,2-4,9-10H2,1H3. The van der Waals surface area contributed by atoms with Crippen molar-refractivity contribution in [3.8, 4) is 10.6 Å². The molecule has 0 bridgehead atoms. The van der Waals surface area contributed by atoms with Crippen LogP contribution < -0.4 is 10.0 Å². The smallest absolute Gasteiger partial charge is 0.208 e. The van der Waals surface area contributed by atoms with Crippen molar-refractivity contribution < 1.29 is 8.42 Å². The molecule has 1 saturated carbocycles. The number of benzene rings is 1. The third-order valence-electron chi connectivity index (χ3n) is 4.46. The van der Waals surface area contributed by atoms with E-state index in [1.54, 1.807) is 11.3 Å². The van der Waals surface area contributed by atoms with E-state index in [0.717, 1.165) is 40.6 Å². The topological polar surface area (TPSA) is 71.1 Å². The maximum atomic E-state index is 11.3. The van der Waals surface area contributed by atoms with Gasteiger partial charge in [-0.05, 0) is 30.9 Å². The highest BCUT2D eigenvalue weighted by Crippen LogP contribution is 2.27. The normalized spacial score (nSPS) is 20.9. The fraction of sp³-hybridized carbons (Fsp3) is 0.471. The Hall–Kier alpha value is -0.990. The monoisotopic (exact) mass is 399 g/mol. The second-order valence-electron chi connectivity index (χ2n) is 6.45. The van der Waals surface area contributed by atoms with Gasteiger partial charge in [0, 0.05) is 35.1 Å². The highest BCUT2D eigenvalue weighted by atomic mass is 35.5. The first-order valence-electron chi connectivity index (χ1n) is 8.29. The molecule has 3 rings (SSSR count). The Morgan fingerprint density at radius 1 is 1.28 bits per heavy atom. The quantitative estimate of drug-likeness (QED) is 0.749. The first-order valence-corrected chi connectivity index (χ1v) is 11.4. The first-order chi connectivity index (χ1) is 11.9. The molecular formula is C17H22ClN3O2S2. The van der Waals surface area contributed by atoms with Crippen LogP contribution in [0.5, 0.6) is 0 Å². The molecular weight excluding hydrogens is 378 g/mol. The van der Waals surface area contributed by atoms with Gasteiger partial charge in [0.1, 0.15) is 5.01 Å². The van der Waals surface area contributed by atoms with Crippen molar-refractivity contribution in [1.29, 1.82) is 0 Å². The van der Waals surface area contributed by atoms with Gasteiger partial charge in [0.25, 0.3) is 0 Å². The summed E-state index contributed by atoms with van der Waals surface area (Å²) in [6.07, 6.45) is 4.45. The number of thiazole rings is 1. The number of hydrogen-bond donors (Lipinski definition) is 2. The third-order valence-corrected chi connectivity index (χ3v) is 6.34. The Balaban J connectivity index is 1.55. The van der Waals surface area contributed by atoms with Gasteiger partial charge in [-0.15, -0.1) is 11.3 Å². The molecule has 0 amide bonds. The summed E-state index contributed by atoms with van der Waals surface area (Å²) < 4.78 is 25.2. The van der Waals surface area contributed by atoms with Gasteiger partial charge in [0.15, 0.2) is 0 Å². The molecule has 1 aliphatic carbocycles. The largest absolute Gasteiger partial charge is 0.308 e. The second kappa shape index (κ2) is 8.14. The van der Waals surface area contributed by atoms with E-state index in [2.05, 4.69) is 20.4 Å². The second-order valence-corrected chi connectivity index (χ2v) is 9.58. The summed E-state index contributed by atoms with van der Waals surface area (Å²) in [4.78, 5) is 4.68. The van der Waals surface area contributed by atoms with Crippen molar-refractivity contribution in [2.75, 3.05) is 12.8 Å². The van der Waals surface area contributed by atoms with Crippen LogP contribution in [-0.2, 0) is 16.6 Å². The molecule has 25 heavy (non-hydrogen) atoms. The Labute approximate surface area is 157 Å². The van der Waals surface area contributed by atoms with Crippen LogP contribution in [0.15, 0.2) is 29.6 Å². The summed E-state index contributed by atoms with van der Waals surface area (Å²) in [5, 5.41) is 7.31. The van der Waals surface area contributed by atoms with E-state index in [9.17, 15) is 8.42 Å². The van der Waals surface area contributed by atoms with Gasteiger partial charge in [-0.3, -0.25) is 0 Å². The van der Waals surface area contributed by atoms with Crippen LogP contribution in [-0.4, -0.2) is 32.2 Å². The minimum atomic E-state index is -3.13. The number of hydrogen-bond acceptors (Lipinski definition) is 5. The van der Waals surface area contributed by atoms with Gasteiger partial charge in [-0.2, -0.15) is 0 Å². The van der Waals surface area contributed by atoms with E-state index in [-0.39, 0.29) is 0 Å². The molecule has 136 valence electrons. The van der Waals surface area contributed by atoms with Crippen LogP contribution in [0.4, 0.5) is 0 Å². The molecule has 1 aromatic carbocycles. The zero-order valence-electron chi connectivity index (χ0n) is 14.0. The van der Waals surface area contributed by atoms with Crippen molar-refractivity contribution in [3.63, 3.8) is 0 Å². The van der Waals surface area contributed by atoms with E-state index in [0.29, 0.717) is 25.0 Å². The molecule has 2 atom stereocenters. The summed E-state index contributed by atoms with van der Waals surface area (Å²) in [5.41, 5.74) is 2.08. The predicted molar refractivity (Wildman–Crippen MR) is 103 cm³/mol. The predicted octanol–water partition coefficient (Wildman–Crippen LogP) is 3.27. The molecule has 8 heteroatoms. The maximum Gasteiger partial charge on any atom is 0.208 e. The molecule has 1 aliphatic rings. The summed E-state index contributed by atoms with van der Waals surface area (Å²) in [5.74, 6) is 0.337. The molecule has 0 spiro atoms. The number of nitrogens with one attached hydrogen (secondary N) is 2. The summed E-state index contributed by atoms with van der Waals surface area (Å²) in [6, 6.07) is 8.02. The molecule has 1 fully saturated rings. The number of sulfonamides is 1. The van der Waals surface area contributed by atoms with Crippen molar-refractivity contribution in [3.05, 3.63) is 40.4 Å². The average Bonchev–Trinajstić information content (AvgIpc) is 3.20. The van der Waals surface area contributed by atoms with Gasteiger partial charge in [0.2, 0.25) is 10.0 Å². The fourth-order valence-corrected chi connectivity index (χ4v) is 4.63. The number of aromatic nitrogens is 1. The molecule has 0 saturated heterocycles. The van der Waals surface area contributed by atoms with Crippen molar-refractivity contribution >= 4 is 33.0 Å². The van der Waals surface area contributed by atoms with E-state index >= 15 is 0 Å². The zero-order chi connectivity index (χ0) is 17.9. The molecule has 2 aromatic rings. The van der Waals surface area contributed by atoms with Crippen LogP contribution in [0.1, 0.15) is 25.0 Å². The number of nitrogens with zero attached hydrogens (tertiary/aromatic N) is 1. The first kappa shape index (κ1) is 18.8. The van der Waals surface area contributed by atoms with Crippen molar-refractivity contribution in [2.45, 2.75) is 31.8 Å². The lowest BCUT2D eigenvalue weighted by Gasteiger charge is -2.20. The minimum Gasteiger partial charge on any atom is -0.308 e. The van der Waals surface area contributed by atoms with Gasteiger partial charge < -0.3 is 5.32 Å². The minimum absolute atomic E-state index is 0.329. The van der Waals surface area contributed by atoms with Crippen LogP contribution in [0.2, 0.25) is 5.02 Å². The number of rotatable bonds is 7. The fourth-order valence-electron chi connectivity index (χ4n) is 3.16. The Kier molecular flexibility index (Phi) is 6.12. The lowest BCUT2D eigenvalue weighted by molar-refractivity contribution is 0.395. The van der Waals surface area contributed by atoms with E-state index in [1.165, 1.54) is 6.26 Å². The van der Waals surface area contributed by atoms with Gasteiger partial charge in [-0.25, -0.2) is 18.1 Å². The Morgan fingerprint density at radius 3 is 2.76 bits per heavy atom. The third kappa shape index (κ3) is 5.49. The SMILES string of the molecule is CS(=O)(=O)NCC1CCCC1NCc1csc(-c2ccc(Cl)cc2)n1. The van der Waals surface area contributed by atoms with Crippen LogP contribution >= 0.6 is 22.9 Å². The van der Waals surface area contributed by atoms with E-state index in [4.69, 9.17) is 11.6 Å². The zero-order valence-corrected chi connectivity index (χ0v) is 16.4. The van der Waals surface area contributed by atoms with Crippen LogP contribution in [0.25, 0.3) is 10.6 Å². The Morgan fingerprint density at radius 2 is 2.04 bits per heavy atom. The molecule has 5 nitrogen and oxygen atoms in total. The van der Waals surface area contributed by atoms with E-state index in [1.807, 2.05) is 24.3 Å².